The average Bonchev–Trinajstić information content (AvgIpc) is 2.73. The second kappa shape index (κ2) is 5.26. The average molecular weight is 294 g/mol. The highest BCUT2D eigenvalue weighted by Crippen LogP contribution is 2.36. The number of rotatable bonds is 3. The van der Waals surface area contributed by atoms with Crippen LogP contribution in [0.1, 0.15) is 25.3 Å². The van der Waals surface area contributed by atoms with Crippen molar-refractivity contribution in [3.63, 3.8) is 0 Å². The van der Waals surface area contributed by atoms with Crippen molar-refractivity contribution in [2.45, 2.75) is 26.1 Å². The lowest BCUT2D eigenvalue weighted by Crippen LogP contribution is -2.18. The molecule has 0 aromatic heterocycles. The minimum atomic E-state index is -4.87. The minimum absolute atomic E-state index is 0.0707. The number of ether oxygens (including phenoxy) is 1. The van der Waals surface area contributed by atoms with E-state index in [-0.39, 0.29) is 11.3 Å². The first-order valence-electron chi connectivity index (χ1n) is 5.76. The molecule has 1 aliphatic rings. The highest BCUT2D eigenvalue weighted by molar-refractivity contribution is 5.85. The van der Waals surface area contributed by atoms with E-state index in [9.17, 15) is 22.0 Å². The van der Waals surface area contributed by atoms with Gasteiger partial charge in [-0.2, -0.15) is 5.10 Å². The van der Waals surface area contributed by atoms with Gasteiger partial charge in [-0.15, -0.1) is 13.2 Å². The molecule has 0 fully saturated rings. The van der Waals surface area contributed by atoms with Crippen LogP contribution in [0.2, 0.25) is 0 Å². The standard InChI is InChI=1S/C12H11F5N2O/c1-7-4-5-19(18-7)10-6-8(20-12(15,16)17)2-3-9(10)11(13)14/h2-3,6,11H,4-5H2,1H3. The lowest BCUT2D eigenvalue weighted by Gasteiger charge is -2.19. The van der Waals surface area contributed by atoms with Crippen LogP contribution in [0.25, 0.3) is 0 Å². The molecule has 0 bridgehead atoms. The van der Waals surface area contributed by atoms with Crippen molar-refractivity contribution < 1.29 is 26.7 Å². The molecule has 1 heterocycles. The van der Waals surface area contributed by atoms with Crippen molar-refractivity contribution >= 4 is 11.4 Å². The lowest BCUT2D eigenvalue weighted by atomic mass is 10.1. The monoisotopic (exact) mass is 294 g/mol. The molecule has 110 valence electrons. The maximum Gasteiger partial charge on any atom is 0.573 e. The Kier molecular flexibility index (Phi) is 3.82. The van der Waals surface area contributed by atoms with E-state index in [0.29, 0.717) is 13.0 Å². The fourth-order valence-corrected chi connectivity index (χ4v) is 1.88. The van der Waals surface area contributed by atoms with E-state index < -0.39 is 18.5 Å². The normalized spacial score (nSPS) is 15.8. The van der Waals surface area contributed by atoms with Crippen LogP contribution in [0, 0.1) is 0 Å². The summed E-state index contributed by atoms with van der Waals surface area (Å²) in [6.07, 6.45) is -7.10. The van der Waals surface area contributed by atoms with Gasteiger partial charge in [0.1, 0.15) is 5.75 Å². The lowest BCUT2D eigenvalue weighted by molar-refractivity contribution is -0.274. The van der Waals surface area contributed by atoms with Crippen LogP contribution in [0.5, 0.6) is 5.75 Å². The molecule has 1 aromatic rings. The van der Waals surface area contributed by atoms with E-state index in [0.717, 1.165) is 23.9 Å². The molecular weight excluding hydrogens is 283 g/mol. The molecule has 0 saturated carbocycles. The second-order valence-electron chi connectivity index (χ2n) is 4.28. The Morgan fingerprint density at radius 1 is 1.30 bits per heavy atom. The van der Waals surface area contributed by atoms with Gasteiger partial charge in [-0.1, -0.05) is 0 Å². The molecule has 0 unspecified atom stereocenters. The number of halogens is 5. The maximum absolute atomic E-state index is 12.9. The SMILES string of the molecule is CC1=NN(c2cc(OC(F)(F)F)ccc2C(F)F)CC1. The largest absolute Gasteiger partial charge is 0.573 e. The summed E-state index contributed by atoms with van der Waals surface area (Å²) in [6, 6.07) is 2.71. The fraction of sp³-hybridized carbons (Fsp3) is 0.417. The fourth-order valence-electron chi connectivity index (χ4n) is 1.88. The quantitative estimate of drug-likeness (QED) is 0.784. The first-order chi connectivity index (χ1) is 9.26. The highest BCUT2D eigenvalue weighted by atomic mass is 19.4. The summed E-state index contributed by atoms with van der Waals surface area (Å²) in [6.45, 7) is 2.07. The molecule has 2 rings (SSSR count). The molecule has 20 heavy (non-hydrogen) atoms. The molecule has 1 aromatic carbocycles. The predicted molar refractivity (Wildman–Crippen MR) is 63.2 cm³/mol. The van der Waals surface area contributed by atoms with Gasteiger partial charge in [0.15, 0.2) is 0 Å². The molecule has 3 nitrogen and oxygen atoms in total. The smallest absolute Gasteiger partial charge is 0.406 e. The van der Waals surface area contributed by atoms with Gasteiger partial charge in [-0.3, -0.25) is 5.01 Å². The molecule has 0 amide bonds. The first kappa shape index (κ1) is 14.5. The van der Waals surface area contributed by atoms with E-state index in [1.807, 2.05) is 0 Å². The Balaban J connectivity index is 2.37. The molecule has 0 N–H and O–H groups in total. The van der Waals surface area contributed by atoms with Crippen LogP contribution >= 0.6 is 0 Å². The molecule has 0 saturated heterocycles. The first-order valence-corrected chi connectivity index (χ1v) is 5.76. The number of hydrogen-bond donors (Lipinski definition) is 0. The number of benzene rings is 1. The van der Waals surface area contributed by atoms with Gasteiger partial charge in [0, 0.05) is 30.3 Å². The van der Waals surface area contributed by atoms with Gasteiger partial charge < -0.3 is 4.74 Å². The summed E-state index contributed by atoms with van der Waals surface area (Å²) in [5.74, 6) is -0.545. The van der Waals surface area contributed by atoms with Crippen molar-refractivity contribution in [1.82, 2.24) is 0 Å². The van der Waals surface area contributed by atoms with E-state index in [1.54, 1.807) is 6.92 Å². The number of nitrogens with zero attached hydrogens (tertiary/aromatic N) is 2. The molecule has 1 aliphatic heterocycles. The summed E-state index contributed by atoms with van der Waals surface area (Å²) in [5, 5.41) is 5.28. The van der Waals surface area contributed by atoms with Crippen molar-refractivity contribution in [1.29, 1.82) is 0 Å². The zero-order valence-corrected chi connectivity index (χ0v) is 10.4. The third-order valence-corrected chi connectivity index (χ3v) is 2.73. The van der Waals surface area contributed by atoms with Gasteiger partial charge in [-0.25, -0.2) is 8.78 Å². The zero-order chi connectivity index (χ0) is 14.9. The molecule has 0 aliphatic carbocycles. The van der Waals surface area contributed by atoms with Crippen LogP contribution in [-0.4, -0.2) is 18.6 Å². The Bertz CT molecular complexity index is 527. The van der Waals surface area contributed by atoms with Gasteiger partial charge in [0.2, 0.25) is 0 Å². The van der Waals surface area contributed by atoms with Crippen LogP contribution in [-0.2, 0) is 0 Å². The molecule has 0 radical (unpaired) electrons. The van der Waals surface area contributed by atoms with Crippen molar-refractivity contribution in [3.8, 4) is 5.75 Å². The van der Waals surface area contributed by atoms with E-state index in [2.05, 4.69) is 9.84 Å². The Hall–Kier alpha value is -1.86. The van der Waals surface area contributed by atoms with Crippen LogP contribution in [0.4, 0.5) is 27.6 Å². The topological polar surface area (TPSA) is 24.8 Å². The number of alkyl halides is 5. The summed E-state index contributed by atoms with van der Waals surface area (Å²) < 4.78 is 66.0. The van der Waals surface area contributed by atoms with Gasteiger partial charge in [0.05, 0.1) is 5.69 Å². The summed E-state index contributed by atoms with van der Waals surface area (Å²) in [5.41, 5.74) is 0.281. The van der Waals surface area contributed by atoms with Gasteiger partial charge in [0.25, 0.3) is 6.43 Å². The van der Waals surface area contributed by atoms with Crippen molar-refractivity contribution in [2.75, 3.05) is 11.6 Å². The third-order valence-electron chi connectivity index (χ3n) is 2.73. The summed E-state index contributed by atoms with van der Waals surface area (Å²) >= 11 is 0. The van der Waals surface area contributed by atoms with Crippen LogP contribution in [0.3, 0.4) is 0 Å². The van der Waals surface area contributed by atoms with Crippen LogP contribution in [0.15, 0.2) is 23.3 Å². The Morgan fingerprint density at radius 3 is 2.50 bits per heavy atom. The van der Waals surface area contributed by atoms with E-state index in [1.165, 1.54) is 5.01 Å². The summed E-state index contributed by atoms with van der Waals surface area (Å²) in [7, 11) is 0. The maximum atomic E-state index is 12.9. The van der Waals surface area contributed by atoms with E-state index in [4.69, 9.17) is 0 Å². The van der Waals surface area contributed by atoms with E-state index >= 15 is 0 Å². The Labute approximate surface area is 111 Å². The molecule has 8 heteroatoms. The van der Waals surface area contributed by atoms with Crippen LogP contribution < -0.4 is 9.75 Å². The number of hydrogen-bond acceptors (Lipinski definition) is 3. The third kappa shape index (κ3) is 3.37. The number of anilines is 1. The zero-order valence-electron chi connectivity index (χ0n) is 10.4. The number of hydrazone groups is 1. The van der Waals surface area contributed by atoms with Gasteiger partial charge >= 0.3 is 6.36 Å². The van der Waals surface area contributed by atoms with Crippen molar-refractivity contribution in [3.05, 3.63) is 23.8 Å². The molecule has 0 atom stereocenters. The summed E-state index contributed by atoms with van der Waals surface area (Å²) in [4.78, 5) is 0. The highest BCUT2D eigenvalue weighted by Gasteiger charge is 2.32. The van der Waals surface area contributed by atoms with Gasteiger partial charge in [-0.05, 0) is 19.1 Å². The molecular formula is C12H11F5N2O. The predicted octanol–water partition coefficient (Wildman–Crippen LogP) is 4.11. The van der Waals surface area contributed by atoms with Crippen molar-refractivity contribution in [2.24, 2.45) is 5.10 Å². The molecule has 0 spiro atoms. The Morgan fingerprint density at radius 2 is 2.00 bits per heavy atom. The minimum Gasteiger partial charge on any atom is -0.406 e. The second-order valence-corrected chi connectivity index (χ2v) is 4.28.